The summed E-state index contributed by atoms with van der Waals surface area (Å²) in [6, 6.07) is 24.3. The van der Waals surface area contributed by atoms with Crippen molar-refractivity contribution in [3.8, 4) is 0 Å². The van der Waals surface area contributed by atoms with E-state index in [-0.39, 0.29) is 31.3 Å². The summed E-state index contributed by atoms with van der Waals surface area (Å²) in [5.41, 5.74) is 4.19. The molecule has 1 atom stereocenters. The number of hydrogen-bond donors (Lipinski definition) is 1. The summed E-state index contributed by atoms with van der Waals surface area (Å²) in [5, 5.41) is 3.07. The molecule has 42 heavy (non-hydrogen) atoms. The molecule has 0 aliphatic carbocycles. The third kappa shape index (κ3) is 10.0. The zero-order valence-corrected chi connectivity index (χ0v) is 26.6. The van der Waals surface area contributed by atoms with E-state index in [0.29, 0.717) is 18.5 Å². The predicted molar refractivity (Wildman–Crippen MR) is 171 cm³/mol. The Labute approximate surface area is 252 Å². The van der Waals surface area contributed by atoms with Gasteiger partial charge in [0.05, 0.1) is 11.9 Å². The van der Waals surface area contributed by atoms with E-state index in [9.17, 15) is 18.0 Å². The molecule has 3 aromatic carbocycles. The van der Waals surface area contributed by atoms with E-state index in [1.165, 1.54) is 10.6 Å². The highest BCUT2D eigenvalue weighted by Crippen LogP contribution is 2.21. The lowest BCUT2D eigenvalue weighted by atomic mass is 10.00. The van der Waals surface area contributed by atoms with Crippen molar-refractivity contribution >= 4 is 27.5 Å². The van der Waals surface area contributed by atoms with Gasteiger partial charge in [-0.3, -0.25) is 13.9 Å². The summed E-state index contributed by atoms with van der Waals surface area (Å²) >= 11 is 0. The molecule has 8 heteroatoms. The second-order valence-electron chi connectivity index (χ2n) is 11.9. The first-order valence-corrected chi connectivity index (χ1v) is 16.4. The average molecular weight is 592 g/mol. The molecular formula is C34H45N3O4S. The molecule has 7 nitrogen and oxygen atoms in total. The van der Waals surface area contributed by atoms with Crippen LogP contribution in [0.2, 0.25) is 0 Å². The van der Waals surface area contributed by atoms with Crippen molar-refractivity contribution in [2.24, 2.45) is 0 Å². The Morgan fingerprint density at radius 2 is 1.45 bits per heavy atom. The minimum absolute atomic E-state index is 0.0962. The lowest BCUT2D eigenvalue weighted by Gasteiger charge is -2.34. The number of sulfonamides is 1. The molecule has 0 saturated heterocycles. The third-order valence-electron chi connectivity index (χ3n) is 7.03. The summed E-state index contributed by atoms with van der Waals surface area (Å²) in [5.74, 6) is -0.420. The topological polar surface area (TPSA) is 86.8 Å². The molecule has 0 aliphatic heterocycles. The van der Waals surface area contributed by atoms with E-state index in [1.807, 2.05) is 101 Å². The maximum Gasteiger partial charge on any atom is 0.243 e. The van der Waals surface area contributed by atoms with Crippen molar-refractivity contribution in [2.75, 3.05) is 17.1 Å². The fraction of sp³-hybridized carbons (Fsp3) is 0.412. The van der Waals surface area contributed by atoms with Gasteiger partial charge >= 0.3 is 0 Å². The quantitative estimate of drug-likeness (QED) is 0.278. The van der Waals surface area contributed by atoms with Gasteiger partial charge in [0.1, 0.15) is 6.04 Å². The zero-order valence-electron chi connectivity index (χ0n) is 25.8. The Balaban J connectivity index is 1.88. The van der Waals surface area contributed by atoms with Crippen LogP contribution in [0.5, 0.6) is 0 Å². The highest BCUT2D eigenvalue weighted by Gasteiger charge is 2.32. The van der Waals surface area contributed by atoms with Crippen LogP contribution in [0.15, 0.2) is 78.9 Å². The van der Waals surface area contributed by atoms with Crippen molar-refractivity contribution in [1.82, 2.24) is 10.2 Å². The molecule has 0 fully saturated rings. The largest absolute Gasteiger partial charge is 0.350 e. The van der Waals surface area contributed by atoms with Crippen LogP contribution in [0.25, 0.3) is 0 Å². The Morgan fingerprint density at radius 3 is 2.00 bits per heavy atom. The minimum Gasteiger partial charge on any atom is -0.350 e. The Morgan fingerprint density at radius 1 is 0.857 bits per heavy atom. The van der Waals surface area contributed by atoms with Gasteiger partial charge in [-0.2, -0.15) is 0 Å². The number of rotatable bonds is 13. The van der Waals surface area contributed by atoms with Gasteiger partial charge in [-0.15, -0.1) is 0 Å². The lowest BCUT2D eigenvalue weighted by molar-refractivity contribution is -0.142. The number of amides is 2. The summed E-state index contributed by atoms with van der Waals surface area (Å²) in [6.45, 7) is 10.2. The number of benzene rings is 3. The minimum atomic E-state index is -3.55. The SMILES string of the molecule is CCc1ccc(N(CCCC(=O)N(Cc2ccc(C)cc2)[C@H](Cc2ccccc2)C(=O)NC(C)(C)C)S(C)(=O)=O)cc1. The van der Waals surface area contributed by atoms with Gasteiger partial charge in [0.15, 0.2) is 0 Å². The normalized spacial score (nSPS) is 12.4. The van der Waals surface area contributed by atoms with Crippen molar-refractivity contribution in [2.45, 2.75) is 78.4 Å². The number of carbonyl (C=O) groups excluding carboxylic acids is 2. The van der Waals surface area contributed by atoms with Crippen molar-refractivity contribution in [3.63, 3.8) is 0 Å². The van der Waals surface area contributed by atoms with Crippen LogP contribution in [-0.2, 0) is 39.0 Å². The van der Waals surface area contributed by atoms with Gasteiger partial charge in [-0.1, -0.05) is 79.2 Å². The standard InChI is InChI=1S/C34H45N3O4S/c1-7-27-19-21-30(22-20-27)37(42(6,40)41)23-11-14-32(38)36(25-29-17-15-26(2)16-18-29)31(33(39)35-34(3,4)5)24-28-12-9-8-10-13-28/h8-10,12-13,15-22,31H,7,11,14,23-25H2,1-6H3,(H,35,39)/t31-/m1/s1. The van der Waals surface area contributed by atoms with Gasteiger partial charge in [0.25, 0.3) is 0 Å². The molecule has 0 unspecified atom stereocenters. The smallest absolute Gasteiger partial charge is 0.243 e. The molecule has 0 saturated carbocycles. The number of hydrogen-bond acceptors (Lipinski definition) is 4. The molecule has 2 amide bonds. The molecule has 0 aliphatic rings. The van der Waals surface area contributed by atoms with Crippen LogP contribution in [-0.4, -0.2) is 49.5 Å². The number of aryl methyl sites for hydroxylation is 2. The van der Waals surface area contributed by atoms with E-state index < -0.39 is 21.6 Å². The van der Waals surface area contributed by atoms with Crippen molar-refractivity contribution < 1.29 is 18.0 Å². The van der Waals surface area contributed by atoms with Crippen LogP contribution < -0.4 is 9.62 Å². The highest BCUT2D eigenvalue weighted by molar-refractivity contribution is 7.92. The molecule has 0 aromatic heterocycles. The predicted octanol–water partition coefficient (Wildman–Crippen LogP) is 5.66. The van der Waals surface area contributed by atoms with Gasteiger partial charge in [0.2, 0.25) is 21.8 Å². The van der Waals surface area contributed by atoms with Crippen LogP contribution in [0.3, 0.4) is 0 Å². The van der Waals surface area contributed by atoms with E-state index >= 15 is 0 Å². The average Bonchev–Trinajstić information content (AvgIpc) is 2.93. The first-order valence-electron chi connectivity index (χ1n) is 14.5. The Bertz CT molecular complexity index is 1410. The summed E-state index contributed by atoms with van der Waals surface area (Å²) < 4.78 is 26.7. The molecule has 0 bridgehead atoms. The van der Waals surface area contributed by atoms with E-state index in [2.05, 4.69) is 5.32 Å². The first-order chi connectivity index (χ1) is 19.8. The lowest BCUT2D eigenvalue weighted by Crippen LogP contribution is -2.54. The molecule has 3 rings (SSSR count). The Hall–Kier alpha value is -3.65. The second kappa shape index (κ2) is 14.5. The van der Waals surface area contributed by atoms with Gasteiger partial charge in [0, 0.05) is 31.5 Å². The molecule has 1 N–H and O–H groups in total. The summed E-state index contributed by atoms with van der Waals surface area (Å²) in [6.07, 6.45) is 2.81. The van der Waals surface area contributed by atoms with Gasteiger partial charge in [-0.05, 0) is 69.4 Å². The van der Waals surface area contributed by atoms with Crippen LogP contribution in [0, 0.1) is 6.92 Å². The number of nitrogens with zero attached hydrogens (tertiary/aromatic N) is 2. The van der Waals surface area contributed by atoms with Gasteiger partial charge in [-0.25, -0.2) is 8.42 Å². The molecular weight excluding hydrogens is 546 g/mol. The number of nitrogens with one attached hydrogen (secondary N) is 1. The maximum atomic E-state index is 13.9. The Kier molecular flexibility index (Phi) is 11.3. The fourth-order valence-corrected chi connectivity index (χ4v) is 5.76. The molecule has 0 heterocycles. The van der Waals surface area contributed by atoms with E-state index in [0.717, 1.165) is 28.7 Å². The van der Waals surface area contributed by atoms with E-state index in [4.69, 9.17) is 0 Å². The van der Waals surface area contributed by atoms with E-state index in [1.54, 1.807) is 17.0 Å². The highest BCUT2D eigenvalue weighted by atomic mass is 32.2. The summed E-state index contributed by atoms with van der Waals surface area (Å²) in [4.78, 5) is 29.3. The molecule has 3 aromatic rings. The summed E-state index contributed by atoms with van der Waals surface area (Å²) in [7, 11) is -3.55. The van der Waals surface area contributed by atoms with Crippen LogP contribution in [0.4, 0.5) is 5.69 Å². The zero-order chi connectivity index (χ0) is 30.9. The van der Waals surface area contributed by atoms with Gasteiger partial charge < -0.3 is 10.2 Å². The number of carbonyl (C=O) groups is 2. The molecule has 0 radical (unpaired) electrons. The molecule has 226 valence electrons. The number of anilines is 1. The fourth-order valence-electron chi connectivity index (χ4n) is 4.80. The van der Waals surface area contributed by atoms with Crippen molar-refractivity contribution in [1.29, 1.82) is 0 Å². The third-order valence-corrected chi connectivity index (χ3v) is 8.22. The maximum absolute atomic E-state index is 13.9. The monoisotopic (exact) mass is 591 g/mol. The molecule has 0 spiro atoms. The van der Waals surface area contributed by atoms with Crippen molar-refractivity contribution in [3.05, 3.63) is 101 Å². The first kappa shape index (κ1) is 32.9. The van der Waals surface area contributed by atoms with Crippen LogP contribution >= 0.6 is 0 Å². The van der Waals surface area contributed by atoms with Crippen LogP contribution in [0.1, 0.15) is 62.8 Å². The second-order valence-corrected chi connectivity index (χ2v) is 13.8.